The molecule has 0 saturated carbocycles. The van der Waals surface area contributed by atoms with E-state index in [-0.39, 0.29) is 49.7 Å². The van der Waals surface area contributed by atoms with Gasteiger partial charge in [0, 0.05) is 19.4 Å². The number of hydrogen-bond donors (Lipinski definition) is 5. The molecule has 5 amide bonds. The van der Waals surface area contributed by atoms with Crippen molar-refractivity contribution in [2.75, 3.05) is 32.8 Å². The van der Waals surface area contributed by atoms with Gasteiger partial charge in [0.1, 0.15) is 24.4 Å². The minimum Gasteiger partial charge on any atom is -0.491 e. The third-order valence-electron chi connectivity index (χ3n) is 7.69. The Morgan fingerprint density at radius 2 is 1.81 bits per heavy atom. The zero-order valence-electron chi connectivity index (χ0n) is 24.8. The first-order chi connectivity index (χ1) is 20.1. The smallest absolute Gasteiger partial charge is 0.255 e. The summed E-state index contributed by atoms with van der Waals surface area (Å²) in [7, 11) is 0. The lowest BCUT2D eigenvalue weighted by atomic mass is 10.0. The van der Waals surface area contributed by atoms with E-state index in [1.54, 1.807) is 24.3 Å². The van der Waals surface area contributed by atoms with Gasteiger partial charge in [0.15, 0.2) is 0 Å². The van der Waals surface area contributed by atoms with Crippen LogP contribution in [0.4, 0.5) is 0 Å². The Kier molecular flexibility index (Phi) is 13.1. The Labute approximate surface area is 247 Å². The van der Waals surface area contributed by atoms with E-state index < -0.39 is 41.8 Å². The third kappa shape index (κ3) is 10.6. The van der Waals surface area contributed by atoms with Crippen LogP contribution in [0.15, 0.2) is 24.3 Å². The molecule has 2 heterocycles. The average molecular weight is 587 g/mol. The topological polar surface area (TPSA) is 172 Å². The van der Waals surface area contributed by atoms with Gasteiger partial charge in [0.05, 0.1) is 11.6 Å². The van der Waals surface area contributed by atoms with Crippen LogP contribution < -0.4 is 31.7 Å². The maximum atomic E-state index is 13.3. The summed E-state index contributed by atoms with van der Waals surface area (Å²) < 4.78 is 6.00. The van der Waals surface area contributed by atoms with Crippen molar-refractivity contribution < 1.29 is 28.7 Å². The molecule has 0 aliphatic carbocycles. The summed E-state index contributed by atoms with van der Waals surface area (Å²) in [5.74, 6) is -2.15. The fraction of sp³-hybridized carbons (Fsp3) is 0.633. The first kappa shape index (κ1) is 32.8. The number of nitrogens with one attached hydrogen (secondary N) is 4. The van der Waals surface area contributed by atoms with Crippen LogP contribution in [-0.4, -0.2) is 85.3 Å². The largest absolute Gasteiger partial charge is 0.491 e. The Morgan fingerprint density at radius 1 is 1.07 bits per heavy atom. The van der Waals surface area contributed by atoms with Gasteiger partial charge in [-0.1, -0.05) is 26.0 Å². The van der Waals surface area contributed by atoms with Crippen LogP contribution in [0.25, 0.3) is 0 Å². The third-order valence-corrected chi connectivity index (χ3v) is 7.69. The number of fused-ring (bicyclic) bond motifs is 1. The molecular formula is C30H46N6O6. The summed E-state index contributed by atoms with van der Waals surface area (Å²) in [6.07, 6.45) is 4.04. The molecule has 3 atom stereocenters. The van der Waals surface area contributed by atoms with Gasteiger partial charge in [-0.25, -0.2) is 0 Å². The van der Waals surface area contributed by atoms with Crippen LogP contribution in [0, 0.1) is 5.92 Å². The van der Waals surface area contributed by atoms with E-state index in [4.69, 9.17) is 10.5 Å². The average Bonchev–Trinajstić information content (AvgIpc) is 3.48. The van der Waals surface area contributed by atoms with Crippen molar-refractivity contribution in [3.63, 3.8) is 0 Å². The number of carbonyl (C=O) groups is 5. The fourth-order valence-electron chi connectivity index (χ4n) is 5.05. The molecule has 0 bridgehead atoms. The van der Waals surface area contributed by atoms with Gasteiger partial charge in [0.25, 0.3) is 5.91 Å². The van der Waals surface area contributed by atoms with Gasteiger partial charge < -0.3 is 36.6 Å². The number of nitrogens with zero attached hydrogens (tertiary/aromatic N) is 1. The zero-order chi connectivity index (χ0) is 30.5. The highest BCUT2D eigenvalue weighted by atomic mass is 16.5. The molecule has 2 aliphatic rings. The molecule has 12 nitrogen and oxygen atoms in total. The highest BCUT2D eigenvalue weighted by Gasteiger charge is 2.29. The van der Waals surface area contributed by atoms with Crippen molar-refractivity contribution in [2.45, 2.75) is 83.3 Å². The number of benzene rings is 1. The molecular weight excluding hydrogens is 540 g/mol. The highest BCUT2D eigenvalue weighted by molar-refractivity contribution is 5.99. The molecule has 42 heavy (non-hydrogen) atoms. The van der Waals surface area contributed by atoms with Gasteiger partial charge in [-0.2, -0.15) is 0 Å². The number of primary amides is 1. The summed E-state index contributed by atoms with van der Waals surface area (Å²) in [5.41, 5.74) is 5.55. The van der Waals surface area contributed by atoms with Crippen LogP contribution in [0.2, 0.25) is 0 Å². The zero-order valence-corrected chi connectivity index (χ0v) is 24.8. The van der Waals surface area contributed by atoms with Gasteiger partial charge in [-0.15, -0.1) is 0 Å². The van der Waals surface area contributed by atoms with Gasteiger partial charge in [0.2, 0.25) is 23.6 Å². The lowest BCUT2D eigenvalue weighted by molar-refractivity contribution is -0.130. The first-order valence-electron chi connectivity index (χ1n) is 15.0. The number of ether oxygens (including phenoxy) is 1. The predicted octanol–water partition coefficient (Wildman–Crippen LogP) is 0.841. The predicted molar refractivity (Wildman–Crippen MR) is 157 cm³/mol. The standard InChI is InChI=1S/C30H46N6O6/c1-20(2)24-19-42-25-10-4-3-9-21(25)28(39)34-22(29(40)32-15-5-6-16-36-17-7-8-18-36)12-14-27(38)33-23(30(41)35-24)11-13-26(31)37/h3-4,9-10,20,22-24H,5-8,11-19H2,1-2H3,(H2,31,37)(H,32,40)(H,33,38)(H,34,39)(H,35,41)/t22-,23-,24+/m0/s1. The van der Waals surface area contributed by atoms with Gasteiger partial charge >= 0.3 is 0 Å². The lowest BCUT2D eigenvalue weighted by Gasteiger charge is -2.26. The van der Waals surface area contributed by atoms with Crippen LogP contribution >= 0.6 is 0 Å². The molecule has 12 heteroatoms. The van der Waals surface area contributed by atoms with Crippen LogP contribution in [0.1, 0.15) is 75.6 Å². The van der Waals surface area contributed by atoms with Crippen molar-refractivity contribution in [1.29, 1.82) is 0 Å². The summed E-state index contributed by atoms with van der Waals surface area (Å²) in [6.45, 7) is 7.58. The van der Waals surface area contributed by atoms with Crippen molar-refractivity contribution in [1.82, 2.24) is 26.2 Å². The Bertz CT molecular complexity index is 1090. The van der Waals surface area contributed by atoms with E-state index in [2.05, 4.69) is 26.2 Å². The first-order valence-corrected chi connectivity index (χ1v) is 15.0. The van der Waals surface area contributed by atoms with Crippen molar-refractivity contribution in [2.24, 2.45) is 11.7 Å². The number of hydrogen-bond acceptors (Lipinski definition) is 7. The second-order valence-corrected chi connectivity index (χ2v) is 11.4. The lowest BCUT2D eigenvalue weighted by Crippen LogP contribution is -2.52. The molecule has 6 N–H and O–H groups in total. The molecule has 0 radical (unpaired) electrons. The maximum absolute atomic E-state index is 13.3. The maximum Gasteiger partial charge on any atom is 0.255 e. The molecule has 0 aromatic heterocycles. The van der Waals surface area contributed by atoms with E-state index in [9.17, 15) is 24.0 Å². The molecule has 0 spiro atoms. The number of rotatable bonds is 10. The number of likely N-dealkylation sites (tertiary alicyclic amines) is 1. The fourth-order valence-corrected chi connectivity index (χ4v) is 5.05. The molecule has 232 valence electrons. The van der Waals surface area contributed by atoms with Crippen LogP contribution in [0.5, 0.6) is 5.75 Å². The van der Waals surface area contributed by atoms with Crippen LogP contribution in [-0.2, 0) is 19.2 Å². The van der Waals surface area contributed by atoms with E-state index in [0.29, 0.717) is 12.3 Å². The highest BCUT2D eigenvalue weighted by Crippen LogP contribution is 2.20. The number of nitrogens with two attached hydrogens (primary N) is 1. The molecule has 1 fully saturated rings. The van der Waals surface area contributed by atoms with E-state index >= 15 is 0 Å². The Balaban J connectivity index is 1.75. The second-order valence-electron chi connectivity index (χ2n) is 11.4. The minimum atomic E-state index is -0.999. The molecule has 0 unspecified atom stereocenters. The van der Waals surface area contributed by atoms with Crippen molar-refractivity contribution in [3.05, 3.63) is 29.8 Å². The summed E-state index contributed by atoms with van der Waals surface area (Å²) in [5, 5.41) is 11.3. The van der Waals surface area contributed by atoms with Gasteiger partial charge in [-0.3, -0.25) is 24.0 Å². The molecule has 1 aromatic carbocycles. The second kappa shape index (κ2) is 16.7. The quantitative estimate of drug-likeness (QED) is 0.253. The number of unbranched alkanes of at least 4 members (excludes halogenated alkanes) is 1. The van der Waals surface area contributed by atoms with Crippen molar-refractivity contribution >= 4 is 29.5 Å². The SMILES string of the molecule is CC(C)[C@H]1COc2ccccc2C(=O)N[C@H](C(=O)NCCCCN2CCCC2)CCC(=O)N[C@@H](CCC(N)=O)C(=O)N1. The number of amides is 5. The van der Waals surface area contributed by atoms with E-state index in [1.165, 1.54) is 12.8 Å². The summed E-state index contributed by atoms with van der Waals surface area (Å²) in [4.78, 5) is 66.5. The summed E-state index contributed by atoms with van der Waals surface area (Å²) in [6, 6.07) is 4.26. The van der Waals surface area contributed by atoms with E-state index in [1.807, 2.05) is 13.8 Å². The molecule has 3 rings (SSSR count). The van der Waals surface area contributed by atoms with Gasteiger partial charge in [-0.05, 0) is 76.2 Å². The van der Waals surface area contributed by atoms with E-state index in [0.717, 1.165) is 32.5 Å². The minimum absolute atomic E-state index is 0.0129. The Hall–Kier alpha value is -3.67. The molecule has 1 aromatic rings. The van der Waals surface area contributed by atoms with Crippen LogP contribution in [0.3, 0.4) is 0 Å². The normalized spacial score (nSPS) is 22.5. The molecule has 1 saturated heterocycles. The summed E-state index contributed by atoms with van der Waals surface area (Å²) >= 11 is 0. The molecule has 2 aliphatic heterocycles. The monoisotopic (exact) mass is 586 g/mol. The van der Waals surface area contributed by atoms with Crippen molar-refractivity contribution in [3.8, 4) is 5.75 Å². The number of carbonyl (C=O) groups excluding carboxylic acids is 5. The number of para-hydroxylation sites is 1. The Morgan fingerprint density at radius 3 is 2.52 bits per heavy atom.